The Balaban J connectivity index is 1.45. The summed E-state index contributed by atoms with van der Waals surface area (Å²) in [5, 5.41) is 6.92. The van der Waals surface area contributed by atoms with E-state index in [1.807, 2.05) is 12.1 Å². The molecule has 1 N–H and O–H groups in total. The molecule has 1 aromatic carbocycles. The molecule has 0 spiro atoms. The molecule has 1 atom stereocenters. The van der Waals surface area contributed by atoms with Crippen LogP contribution in [-0.2, 0) is 0 Å². The van der Waals surface area contributed by atoms with Crippen LogP contribution in [0.5, 0.6) is 5.75 Å². The van der Waals surface area contributed by atoms with Gasteiger partial charge in [0.1, 0.15) is 11.8 Å². The lowest BCUT2D eigenvalue weighted by Gasteiger charge is -2.10. The van der Waals surface area contributed by atoms with Crippen LogP contribution in [0.25, 0.3) is 11.4 Å². The zero-order valence-electron chi connectivity index (χ0n) is 15.2. The van der Waals surface area contributed by atoms with Crippen LogP contribution in [0.15, 0.2) is 47.1 Å². The second-order valence-electron chi connectivity index (χ2n) is 6.62. The fourth-order valence-electron chi connectivity index (χ4n) is 2.80. The number of hydrogen-bond donors (Lipinski definition) is 1. The SMILES string of the molecule is COc1ccc(C(=O)N[C@@H](C)c2nc(-c3ccnc(C4CC4)c3)no2)cc1. The fourth-order valence-corrected chi connectivity index (χ4v) is 2.80. The number of carbonyl (C=O) groups excluding carboxylic acids is 1. The third-order valence-corrected chi connectivity index (χ3v) is 4.55. The Kier molecular flexibility index (Phi) is 4.58. The zero-order chi connectivity index (χ0) is 18.8. The maximum Gasteiger partial charge on any atom is 0.251 e. The summed E-state index contributed by atoms with van der Waals surface area (Å²) in [5.74, 6) is 1.89. The number of nitrogens with one attached hydrogen (secondary N) is 1. The number of benzene rings is 1. The number of pyridine rings is 1. The van der Waals surface area contributed by atoms with E-state index in [1.54, 1.807) is 44.5 Å². The van der Waals surface area contributed by atoms with Crippen molar-refractivity contribution in [3.05, 3.63) is 59.7 Å². The zero-order valence-corrected chi connectivity index (χ0v) is 15.2. The van der Waals surface area contributed by atoms with E-state index in [2.05, 4.69) is 20.4 Å². The smallest absolute Gasteiger partial charge is 0.251 e. The molecule has 0 bridgehead atoms. The van der Waals surface area contributed by atoms with Crippen molar-refractivity contribution < 1.29 is 14.1 Å². The molecular weight excluding hydrogens is 344 g/mol. The average molecular weight is 364 g/mol. The van der Waals surface area contributed by atoms with Crippen molar-refractivity contribution in [2.75, 3.05) is 7.11 Å². The predicted molar refractivity (Wildman–Crippen MR) is 98.4 cm³/mol. The molecule has 7 nitrogen and oxygen atoms in total. The first-order chi connectivity index (χ1) is 13.1. The van der Waals surface area contributed by atoms with Crippen molar-refractivity contribution in [2.45, 2.75) is 31.7 Å². The Hall–Kier alpha value is -3.22. The molecule has 1 aliphatic rings. The lowest BCUT2D eigenvalue weighted by molar-refractivity contribution is 0.0932. The molecule has 0 unspecified atom stereocenters. The van der Waals surface area contributed by atoms with Gasteiger partial charge in [0.25, 0.3) is 5.91 Å². The van der Waals surface area contributed by atoms with Crippen LogP contribution in [-0.4, -0.2) is 28.1 Å². The predicted octanol–water partition coefficient (Wildman–Crippen LogP) is 3.51. The van der Waals surface area contributed by atoms with Crippen LogP contribution in [0.3, 0.4) is 0 Å². The molecule has 1 aliphatic carbocycles. The van der Waals surface area contributed by atoms with E-state index in [1.165, 1.54) is 12.8 Å². The normalized spacial score (nSPS) is 14.6. The first-order valence-corrected chi connectivity index (χ1v) is 8.89. The van der Waals surface area contributed by atoms with Crippen molar-refractivity contribution in [2.24, 2.45) is 0 Å². The van der Waals surface area contributed by atoms with Crippen molar-refractivity contribution in [3.63, 3.8) is 0 Å². The van der Waals surface area contributed by atoms with Gasteiger partial charge in [-0.05, 0) is 56.2 Å². The monoisotopic (exact) mass is 364 g/mol. The number of aromatic nitrogens is 3. The summed E-state index contributed by atoms with van der Waals surface area (Å²) < 4.78 is 10.5. The van der Waals surface area contributed by atoms with Gasteiger partial charge in [-0.15, -0.1) is 0 Å². The number of methoxy groups -OCH3 is 1. The quantitative estimate of drug-likeness (QED) is 0.720. The first kappa shape index (κ1) is 17.2. The standard InChI is InChI=1S/C20H20N4O3/c1-12(22-19(25)14-5-7-16(26-2)8-6-14)20-23-18(24-27-20)15-9-10-21-17(11-15)13-3-4-13/h5-13H,3-4H2,1-2H3,(H,22,25)/t12-/m0/s1. The number of carbonyl (C=O) groups is 1. The Morgan fingerprint density at radius 2 is 2.04 bits per heavy atom. The van der Waals surface area contributed by atoms with E-state index in [9.17, 15) is 4.79 Å². The maximum atomic E-state index is 12.4. The summed E-state index contributed by atoms with van der Waals surface area (Å²) in [6.07, 6.45) is 4.14. The summed E-state index contributed by atoms with van der Waals surface area (Å²) in [7, 11) is 1.58. The van der Waals surface area contributed by atoms with Crippen LogP contribution in [0, 0.1) is 0 Å². The van der Waals surface area contributed by atoms with Gasteiger partial charge in [0.2, 0.25) is 11.7 Å². The fraction of sp³-hybridized carbons (Fsp3) is 0.300. The summed E-state index contributed by atoms with van der Waals surface area (Å²) >= 11 is 0. The molecule has 2 aromatic heterocycles. The maximum absolute atomic E-state index is 12.4. The average Bonchev–Trinajstić information content (AvgIpc) is 3.44. The van der Waals surface area contributed by atoms with Crippen LogP contribution < -0.4 is 10.1 Å². The third kappa shape index (κ3) is 3.81. The van der Waals surface area contributed by atoms with Crippen molar-refractivity contribution in [3.8, 4) is 17.1 Å². The summed E-state index contributed by atoms with van der Waals surface area (Å²) in [6, 6.07) is 10.4. The Bertz CT molecular complexity index is 948. The Morgan fingerprint density at radius 1 is 1.26 bits per heavy atom. The van der Waals surface area contributed by atoms with E-state index in [-0.39, 0.29) is 5.91 Å². The molecule has 1 fully saturated rings. The van der Waals surface area contributed by atoms with Gasteiger partial charge < -0.3 is 14.6 Å². The van der Waals surface area contributed by atoms with Crippen molar-refractivity contribution >= 4 is 5.91 Å². The number of nitrogens with zero attached hydrogens (tertiary/aromatic N) is 3. The van der Waals surface area contributed by atoms with E-state index in [0.29, 0.717) is 28.9 Å². The highest BCUT2D eigenvalue weighted by Gasteiger charge is 2.25. The topological polar surface area (TPSA) is 90.1 Å². The lowest BCUT2D eigenvalue weighted by atomic mass is 10.1. The molecule has 4 rings (SSSR count). The largest absolute Gasteiger partial charge is 0.497 e. The molecule has 2 heterocycles. The molecule has 27 heavy (non-hydrogen) atoms. The number of amides is 1. The van der Waals surface area contributed by atoms with E-state index < -0.39 is 6.04 Å². The molecule has 7 heteroatoms. The van der Waals surface area contributed by atoms with Gasteiger partial charge in [-0.3, -0.25) is 9.78 Å². The second-order valence-corrected chi connectivity index (χ2v) is 6.62. The molecule has 1 saturated carbocycles. The summed E-state index contributed by atoms with van der Waals surface area (Å²) in [4.78, 5) is 21.2. The molecule has 0 saturated heterocycles. The van der Waals surface area contributed by atoms with Gasteiger partial charge in [0.05, 0.1) is 7.11 Å². The van der Waals surface area contributed by atoms with Gasteiger partial charge in [-0.1, -0.05) is 5.16 Å². The molecule has 0 aliphatic heterocycles. The van der Waals surface area contributed by atoms with Gasteiger partial charge in [-0.25, -0.2) is 0 Å². The molecule has 0 radical (unpaired) electrons. The van der Waals surface area contributed by atoms with Crippen molar-refractivity contribution in [1.29, 1.82) is 0 Å². The molecular formula is C20H20N4O3. The minimum atomic E-state index is -0.411. The van der Waals surface area contributed by atoms with E-state index >= 15 is 0 Å². The third-order valence-electron chi connectivity index (χ3n) is 4.55. The second kappa shape index (κ2) is 7.19. The summed E-state index contributed by atoms with van der Waals surface area (Å²) in [6.45, 7) is 1.81. The van der Waals surface area contributed by atoms with Gasteiger partial charge in [0, 0.05) is 28.9 Å². The van der Waals surface area contributed by atoms with Crippen LogP contribution in [0.2, 0.25) is 0 Å². The highest BCUT2D eigenvalue weighted by Crippen LogP contribution is 2.39. The highest BCUT2D eigenvalue weighted by atomic mass is 16.5. The lowest BCUT2D eigenvalue weighted by Crippen LogP contribution is -2.26. The molecule has 3 aromatic rings. The highest BCUT2D eigenvalue weighted by molar-refractivity contribution is 5.94. The van der Waals surface area contributed by atoms with Gasteiger partial charge >= 0.3 is 0 Å². The minimum absolute atomic E-state index is 0.218. The number of ether oxygens (including phenoxy) is 1. The van der Waals surface area contributed by atoms with E-state index in [0.717, 1.165) is 11.3 Å². The number of rotatable bonds is 6. The minimum Gasteiger partial charge on any atom is -0.497 e. The van der Waals surface area contributed by atoms with E-state index in [4.69, 9.17) is 9.26 Å². The molecule has 1 amide bonds. The van der Waals surface area contributed by atoms with Crippen LogP contribution in [0.1, 0.15) is 53.7 Å². The van der Waals surface area contributed by atoms with Crippen LogP contribution >= 0.6 is 0 Å². The van der Waals surface area contributed by atoms with Crippen molar-refractivity contribution in [1.82, 2.24) is 20.4 Å². The van der Waals surface area contributed by atoms with Gasteiger partial charge in [-0.2, -0.15) is 4.98 Å². The number of hydrogen-bond acceptors (Lipinski definition) is 6. The van der Waals surface area contributed by atoms with Crippen LogP contribution in [0.4, 0.5) is 0 Å². The first-order valence-electron chi connectivity index (χ1n) is 8.89. The molecule has 138 valence electrons. The Labute approximate surface area is 156 Å². The van der Waals surface area contributed by atoms with Gasteiger partial charge in [0.15, 0.2) is 0 Å². The summed E-state index contributed by atoms with van der Waals surface area (Å²) in [5.41, 5.74) is 2.47. The Morgan fingerprint density at radius 3 is 2.74 bits per heavy atom.